The molecule has 0 spiro atoms. The predicted octanol–water partition coefficient (Wildman–Crippen LogP) is 12.5. The molecule has 4 nitrogen and oxygen atoms in total. The van der Waals surface area contributed by atoms with Crippen molar-refractivity contribution in [3.8, 4) is 17.2 Å². The van der Waals surface area contributed by atoms with Crippen molar-refractivity contribution in [1.82, 2.24) is 0 Å². The van der Waals surface area contributed by atoms with Crippen LogP contribution in [-0.2, 0) is 0 Å². The highest BCUT2D eigenvalue weighted by Crippen LogP contribution is 2.33. The van der Waals surface area contributed by atoms with Crippen LogP contribution in [0.25, 0.3) is 0 Å². The second-order valence-electron chi connectivity index (χ2n) is 12.6. The number of ketones is 1. The molecule has 1 rings (SSSR count). The summed E-state index contributed by atoms with van der Waals surface area (Å²) in [6.07, 6.45) is 41.0. The second kappa shape index (κ2) is 27.8. The Hall–Kier alpha value is -1.97. The molecule has 0 fully saturated rings. The Kier molecular flexibility index (Phi) is 25.2. The van der Waals surface area contributed by atoms with Gasteiger partial charge in [0.25, 0.3) is 0 Å². The lowest BCUT2D eigenvalue weighted by Crippen LogP contribution is -2.00. The van der Waals surface area contributed by atoms with Gasteiger partial charge >= 0.3 is 0 Å². The first-order valence-corrected chi connectivity index (χ1v) is 18.0. The van der Waals surface area contributed by atoms with Crippen LogP contribution in [0.3, 0.4) is 0 Å². The highest BCUT2D eigenvalue weighted by Gasteiger charge is 2.17. The summed E-state index contributed by atoms with van der Waals surface area (Å²) in [7, 11) is 0. The minimum absolute atomic E-state index is 0.0772. The van der Waals surface area contributed by atoms with Gasteiger partial charge in [0.05, 0.1) is 0 Å². The van der Waals surface area contributed by atoms with Crippen molar-refractivity contribution in [2.45, 2.75) is 187 Å². The van der Waals surface area contributed by atoms with Crippen molar-refractivity contribution < 1.29 is 20.1 Å². The average Bonchev–Trinajstić information content (AvgIpc) is 2.95. The molecule has 0 saturated carbocycles. The van der Waals surface area contributed by atoms with E-state index in [1.165, 1.54) is 154 Å². The van der Waals surface area contributed by atoms with Crippen LogP contribution in [0.4, 0.5) is 0 Å². The Bertz CT molecular complexity index is 777. The largest absolute Gasteiger partial charge is 0.508 e. The molecular weight excluding hydrogens is 520 g/mol. The zero-order chi connectivity index (χ0) is 30.5. The number of phenolic OH excluding ortho intramolecular Hbond substituents is 3. The molecule has 0 aromatic heterocycles. The van der Waals surface area contributed by atoms with Crippen molar-refractivity contribution in [2.24, 2.45) is 0 Å². The van der Waals surface area contributed by atoms with E-state index in [0.717, 1.165) is 31.4 Å². The molecule has 1 aromatic carbocycles. The van der Waals surface area contributed by atoms with Gasteiger partial charge in [-0.2, -0.15) is 0 Å². The topological polar surface area (TPSA) is 77.8 Å². The third-order valence-electron chi connectivity index (χ3n) is 8.53. The smallest absolute Gasteiger partial charge is 0.170 e. The number of hydrogen-bond acceptors (Lipinski definition) is 4. The lowest BCUT2D eigenvalue weighted by atomic mass is 10.0. The van der Waals surface area contributed by atoms with Gasteiger partial charge < -0.3 is 15.3 Å². The molecule has 0 amide bonds. The van der Waals surface area contributed by atoms with E-state index in [1.54, 1.807) is 0 Å². The summed E-state index contributed by atoms with van der Waals surface area (Å²) in [6.45, 7) is 2.27. The number of phenols is 3. The molecule has 0 heterocycles. The van der Waals surface area contributed by atoms with Gasteiger partial charge in [-0.05, 0) is 32.1 Å². The minimum Gasteiger partial charge on any atom is -0.508 e. The fourth-order valence-corrected chi connectivity index (χ4v) is 5.84. The molecule has 0 aliphatic carbocycles. The number of rotatable bonds is 30. The van der Waals surface area contributed by atoms with E-state index >= 15 is 0 Å². The Balaban J connectivity index is 1.74. The van der Waals surface area contributed by atoms with E-state index in [-0.39, 0.29) is 28.6 Å². The molecule has 0 unspecified atom stereocenters. The first kappa shape index (κ1) is 38.1. The molecule has 3 N–H and O–H groups in total. The zero-order valence-corrected chi connectivity index (χ0v) is 27.4. The molecule has 0 saturated heterocycles. The Morgan fingerprint density at radius 2 is 0.810 bits per heavy atom. The van der Waals surface area contributed by atoms with E-state index in [4.69, 9.17) is 0 Å². The normalized spacial score (nSPS) is 11.5. The van der Waals surface area contributed by atoms with Gasteiger partial charge in [-0.3, -0.25) is 4.79 Å². The van der Waals surface area contributed by atoms with Gasteiger partial charge in [-0.25, -0.2) is 0 Å². The molecule has 0 radical (unpaired) electrons. The third kappa shape index (κ3) is 21.7. The molecule has 0 bridgehead atoms. The van der Waals surface area contributed by atoms with E-state index < -0.39 is 0 Å². The summed E-state index contributed by atoms with van der Waals surface area (Å²) < 4.78 is 0. The molecule has 0 aliphatic rings. The molecule has 1 aromatic rings. The van der Waals surface area contributed by atoms with Gasteiger partial charge in [0, 0.05) is 18.6 Å². The first-order chi connectivity index (χ1) is 20.6. The number of aromatic hydroxyl groups is 3. The zero-order valence-electron chi connectivity index (χ0n) is 27.4. The maximum atomic E-state index is 12.2. The molecule has 0 atom stereocenters. The summed E-state index contributed by atoms with van der Waals surface area (Å²) in [5, 5.41) is 29.0. The first-order valence-electron chi connectivity index (χ1n) is 18.0. The van der Waals surface area contributed by atoms with Crippen LogP contribution >= 0.6 is 0 Å². The molecule has 4 heteroatoms. The number of benzene rings is 1. The number of unbranched alkanes of at least 4 members (excludes halogenated alkanes) is 25. The van der Waals surface area contributed by atoms with Gasteiger partial charge in [0.1, 0.15) is 22.8 Å². The number of allylic oxidation sites excluding steroid dienone is 2. The summed E-state index contributed by atoms with van der Waals surface area (Å²) in [5.74, 6) is -1.23. The van der Waals surface area contributed by atoms with Crippen LogP contribution in [-0.4, -0.2) is 21.1 Å². The van der Waals surface area contributed by atoms with Crippen molar-refractivity contribution in [3.63, 3.8) is 0 Å². The maximum Gasteiger partial charge on any atom is 0.170 e. The SMILES string of the molecule is CCCCC/C=C\CCCCCCCCCCCCCCCCCCCCCCCCC(=O)c1c(O)cc(O)cc1O. The highest BCUT2D eigenvalue weighted by atomic mass is 16.3. The van der Waals surface area contributed by atoms with Crippen LogP contribution in [0, 0.1) is 0 Å². The Morgan fingerprint density at radius 1 is 0.500 bits per heavy atom. The summed E-state index contributed by atoms with van der Waals surface area (Å²) in [5.41, 5.74) is -0.0772. The van der Waals surface area contributed by atoms with E-state index in [1.807, 2.05) is 0 Å². The summed E-state index contributed by atoms with van der Waals surface area (Å²) in [4.78, 5) is 12.2. The summed E-state index contributed by atoms with van der Waals surface area (Å²) >= 11 is 0. The quantitative estimate of drug-likeness (QED) is 0.0476. The lowest BCUT2D eigenvalue weighted by Gasteiger charge is -2.07. The summed E-state index contributed by atoms with van der Waals surface area (Å²) in [6, 6.07) is 2.18. The van der Waals surface area contributed by atoms with Crippen LogP contribution in [0.1, 0.15) is 197 Å². The van der Waals surface area contributed by atoms with Crippen LogP contribution in [0.5, 0.6) is 17.2 Å². The Morgan fingerprint density at radius 3 is 1.17 bits per heavy atom. The average molecular weight is 587 g/mol. The third-order valence-corrected chi connectivity index (χ3v) is 8.53. The Labute approximate surface area is 259 Å². The molecule has 0 aliphatic heterocycles. The molecule has 242 valence electrons. The number of carbonyl (C=O) groups excluding carboxylic acids is 1. The number of carbonyl (C=O) groups is 1. The van der Waals surface area contributed by atoms with Gasteiger partial charge in [0.15, 0.2) is 5.78 Å². The van der Waals surface area contributed by atoms with Gasteiger partial charge in [-0.1, -0.05) is 160 Å². The number of hydrogen-bond donors (Lipinski definition) is 3. The van der Waals surface area contributed by atoms with Crippen molar-refractivity contribution in [3.05, 3.63) is 29.8 Å². The lowest BCUT2D eigenvalue weighted by molar-refractivity contribution is 0.0973. The number of Topliss-reactive ketones (excluding diaryl/α,β-unsaturated/α-hetero) is 1. The second-order valence-corrected chi connectivity index (χ2v) is 12.6. The van der Waals surface area contributed by atoms with Gasteiger partial charge in [-0.15, -0.1) is 0 Å². The molecular formula is C38H66O4. The van der Waals surface area contributed by atoms with E-state index in [2.05, 4.69) is 19.1 Å². The van der Waals surface area contributed by atoms with E-state index in [0.29, 0.717) is 6.42 Å². The van der Waals surface area contributed by atoms with Crippen LogP contribution in [0.2, 0.25) is 0 Å². The highest BCUT2D eigenvalue weighted by molar-refractivity contribution is 6.01. The predicted molar refractivity (Wildman–Crippen MR) is 180 cm³/mol. The monoisotopic (exact) mass is 586 g/mol. The standard InChI is InChI=1S/C38H66O4/c1-2-3-4-5-6-7-8-9-10-11-12-13-14-15-16-17-18-19-20-21-22-23-24-25-26-27-28-29-30-31-35(40)38-36(41)32-34(39)33-37(38)42/h6-7,32-33,39,41-42H,2-5,8-31H2,1H3/b7-6-. The fraction of sp³-hybridized carbons (Fsp3) is 0.763. The fourth-order valence-electron chi connectivity index (χ4n) is 5.84. The van der Waals surface area contributed by atoms with Crippen molar-refractivity contribution in [2.75, 3.05) is 0 Å². The van der Waals surface area contributed by atoms with Crippen LogP contribution in [0.15, 0.2) is 24.3 Å². The van der Waals surface area contributed by atoms with Crippen molar-refractivity contribution in [1.29, 1.82) is 0 Å². The maximum absolute atomic E-state index is 12.2. The van der Waals surface area contributed by atoms with Crippen molar-refractivity contribution >= 4 is 5.78 Å². The van der Waals surface area contributed by atoms with Gasteiger partial charge in [0.2, 0.25) is 0 Å². The molecule has 42 heavy (non-hydrogen) atoms. The van der Waals surface area contributed by atoms with Crippen LogP contribution < -0.4 is 0 Å². The minimum atomic E-state index is -0.355. The van der Waals surface area contributed by atoms with E-state index in [9.17, 15) is 20.1 Å².